The van der Waals surface area contributed by atoms with Crippen LogP contribution < -0.4 is 5.32 Å². The molecular weight excluding hydrogens is 370 g/mol. The minimum atomic E-state index is -0.989. The lowest BCUT2D eigenvalue weighted by Crippen LogP contribution is -2.54. The highest BCUT2D eigenvalue weighted by Crippen LogP contribution is 2.27. The summed E-state index contributed by atoms with van der Waals surface area (Å²) in [5, 5.41) is 12.0. The van der Waals surface area contributed by atoms with Gasteiger partial charge < -0.3 is 15.3 Å². The van der Waals surface area contributed by atoms with Crippen molar-refractivity contribution in [1.29, 1.82) is 0 Å². The fraction of sp³-hybridized carbons (Fsp3) is 0.273. The fourth-order valence-electron chi connectivity index (χ4n) is 1.64. The van der Waals surface area contributed by atoms with Crippen LogP contribution in [0.5, 0.6) is 0 Å². The zero-order valence-electron chi connectivity index (χ0n) is 9.19. The average Bonchev–Trinajstić information content (AvgIpc) is 2.22. The van der Waals surface area contributed by atoms with Crippen molar-refractivity contribution in [2.75, 3.05) is 18.4 Å². The molecule has 2 N–H and O–H groups in total. The molecule has 2 rings (SSSR count). The number of likely N-dealkylation sites (tertiary alicyclic amines) is 1. The Balaban J connectivity index is 1.97. The molecule has 0 aliphatic carbocycles. The van der Waals surface area contributed by atoms with Crippen molar-refractivity contribution in [3.8, 4) is 0 Å². The molecule has 0 atom stereocenters. The predicted molar refractivity (Wildman–Crippen MR) is 75.9 cm³/mol. The summed E-state index contributed by atoms with van der Waals surface area (Å²) in [7, 11) is 0. The number of carbonyl (C=O) groups excluding carboxylic acids is 1. The van der Waals surface area contributed by atoms with Crippen molar-refractivity contribution in [3.05, 3.63) is 26.8 Å². The van der Waals surface area contributed by atoms with Gasteiger partial charge in [-0.1, -0.05) is 17.7 Å². The number of hydrogen-bond donors (Lipinski definition) is 2. The summed E-state index contributed by atoms with van der Waals surface area (Å²) in [5.74, 6) is -0.455. The van der Waals surface area contributed by atoms with Gasteiger partial charge in [0.15, 0.2) is 0 Å². The third kappa shape index (κ3) is 2.69. The molecule has 2 amide bonds. The van der Waals surface area contributed by atoms with Crippen molar-refractivity contribution in [2.24, 2.45) is 5.92 Å². The summed E-state index contributed by atoms with van der Waals surface area (Å²) in [6, 6.07) is 5.26. The smallest absolute Gasteiger partial charge is 0.407 e. The quantitative estimate of drug-likeness (QED) is 0.775. The number of hydrogen-bond acceptors (Lipinski definition) is 2. The Kier molecular flexibility index (Phi) is 3.96. The van der Waals surface area contributed by atoms with Gasteiger partial charge in [-0.05, 0) is 34.7 Å². The first-order valence-electron chi connectivity index (χ1n) is 5.22. The molecule has 0 aromatic heterocycles. The molecule has 1 aromatic rings. The number of anilines is 1. The topological polar surface area (TPSA) is 69.6 Å². The molecular formula is C11H10ClIN2O3. The maximum Gasteiger partial charge on any atom is 0.407 e. The molecule has 0 bridgehead atoms. The summed E-state index contributed by atoms with van der Waals surface area (Å²) in [6.07, 6.45) is -0.989. The molecule has 1 aliphatic heterocycles. The number of carboxylic acid groups (broad SMARTS) is 1. The van der Waals surface area contributed by atoms with Crippen molar-refractivity contribution < 1.29 is 14.7 Å². The Bertz CT molecular complexity index is 503. The molecule has 0 radical (unpaired) electrons. The van der Waals surface area contributed by atoms with Crippen LogP contribution in [0.25, 0.3) is 0 Å². The highest BCUT2D eigenvalue weighted by molar-refractivity contribution is 14.1. The van der Waals surface area contributed by atoms with Crippen LogP contribution in [-0.4, -0.2) is 35.1 Å². The Hall–Kier alpha value is -1.02. The van der Waals surface area contributed by atoms with Crippen LogP contribution in [0.3, 0.4) is 0 Å². The van der Waals surface area contributed by atoms with Crippen LogP contribution in [0, 0.1) is 9.49 Å². The molecule has 5 nitrogen and oxygen atoms in total. The van der Waals surface area contributed by atoms with Gasteiger partial charge in [-0.25, -0.2) is 4.79 Å². The van der Waals surface area contributed by atoms with Gasteiger partial charge in [0, 0.05) is 13.1 Å². The first kappa shape index (κ1) is 13.4. The maximum absolute atomic E-state index is 11.8. The van der Waals surface area contributed by atoms with Gasteiger partial charge in [0.25, 0.3) is 0 Å². The van der Waals surface area contributed by atoms with E-state index in [1.807, 2.05) is 0 Å². The number of amides is 2. The van der Waals surface area contributed by atoms with Crippen molar-refractivity contribution in [1.82, 2.24) is 4.90 Å². The van der Waals surface area contributed by atoms with E-state index in [2.05, 4.69) is 27.9 Å². The van der Waals surface area contributed by atoms with E-state index in [9.17, 15) is 9.59 Å². The zero-order valence-corrected chi connectivity index (χ0v) is 12.1. The molecule has 0 unspecified atom stereocenters. The molecule has 1 aromatic carbocycles. The van der Waals surface area contributed by atoms with Gasteiger partial charge >= 0.3 is 6.09 Å². The molecule has 1 aliphatic rings. The third-order valence-electron chi connectivity index (χ3n) is 2.73. The lowest BCUT2D eigenvalue weighted by atomic mass is 10.00. The van der Waals surface area contributed by atoms with Gasteiger partial charge in [-0.2, -0.15) is 0 Å². The van der Waals surface area contributed by atoms with Crippen LogP contribution in [0.2, 0.25) is 5.02 Å². The highest BCUT2D eigenvalue weighted by atomic mass is 127. The summed E-state index contributed by atoms with van der Waals surface area (Å²) in [6.45, 7) is 0.497. The third-order valence-corrected chi connectivity index (χ3v) is 4.53. The van der Waals surface area contributed by atoms with Crippen molar-refractivity contribution in [2.45, 2.75) is 0 Å². The maximum atomic E-state index is 11.8. The second-order valence-corrected chi connectivity index (χ2v) is 5.46. The van der Waals surface area contributed by atoms with Crippen molar-refractivity contribution in [3.63, 3.8) is 0 Å². The van der Waals surface area contributed by atoms with Gasteiger partial charge in [0.1, 0.15) is 0 Å². The minimum Gasteiger partial charge on any atom is -0.465 e. The normalized spacial score (nSPS) is 15.1. The Morgan fingerprint density at radius 2 is 2.11 bits per heavy atom. The number of carbonyl (C=O) groups is 2. The van der Waals surface area contributed by atoms with Gasteiger partial charge in [0.05, 0.1) is 20.2 Å². The zero-order chi connectivity index (χ0) is 13.3. The Morgan fingerprint density at radius 1 is 1.44 bits per heavy atom. The number of rotatable bonds is 2. The second-order valence-electron chi connectivity index (χ2n) is 3.98. The molecule has 0 saturated carbocycles. The largest absolute Gasteiger partial charge is 0.465 e. The van der Waals surface area contributed by atoms with E-state index in [4.69, 9.17) is 16.7 Å². The number of halogens is 2. The molecule has 96 valence electrons. The van der Waals surface area contributed by atoms with Crippen LogP contribution >= 0.6 is 34.2 Å². The van der Waals surface area contributed by atoms with E-state index in [-0.39, 0.29) is 24.9 Å². The number of nitrogens with zero attached hydrogens (tertiary/aromatic N) is 1. The average molecular weight is 381 g/mol. The fourth-order valence-corrected chi connectivity index (χ4v) is 2.30. The molecule has 1 fully saturated rings. The summed E-state index contributed by atoms with van der Waals surface area (Å²) >= 11 is 8.00. The summed E-state index contributed by atoms with van der Waals surface area (Å²) in [4.78, 5) is 23.6. The summed E-state index contributed by atoms with van der Waals surface area (Å²) in [5.41, 5.74) is 0.655. The molecule has 1 saturated heterocycles. The Labute approximate surface area is 122 Å². The van der Waals surface area contributed by atoms with E-state index in [1.54, 1.807) is 18.2 Å². The standard InChI is InChI=1S/C11H10ClIN2O3/c12-7-2-1-3-8(9(7)13)14-10(16)6-4-15(5-6)11(17)18/h1-3,6H,4-5H2,(H,14,16)(H,17,18). The summed E-state index contributed by atoms with van der Waals surface area (Å²) < 4.78 is 0.777. The lowest BCUT2D eigenvalue weighted by molar-refractivity contribution is -0.123. The number of benzene rings is 1. The van der Waals surface area contributed by atoms with Crippen LogP contribution in [-0.2, 0) is 4.79 Å². The minimum absolute atomic E-state index is 0.173. The van der Waals surface area contributed by atoms with Gasteiger partial charge in [0.2, 0.25) is 5.91 Å². The molecule has 1 heterocycles. The second kappa shape index (κ2) is 5.31. The van der Waals surface area contributed by atoms with E-state index in [1.165, 1.54) is 4.90 Å². The van der Waals surface area contributed by atoms with Crippen LogP contribution in [0.1, 0.15) is 0 Å². The first-order valence-corrected chi connectivity index (χ1v) is 6.67. The van der Waals surface area contributed by atoms with E-state index in [0.29, 0.717) is 10.7 Å². The van der Waals surface area contributed by atoms with Crippen LogP contribution in [0.4, 0.5) is 10.5 Å². The SMILES string of the molecule is O=C(Nc1cccc(Cl)c1I)C1CN(C(=O)O)C1. The first-order chi connectivity index (χ1) is 8.49. The molecule has 0 spiro atoms. The number of nitrogens with one attached hydrogen (secondary N) is 1. The van der Waals surface area contributed by atoms with E-state index in [0.717, 1.165) is 3.57 Å². The highest BCUT2D eigenvalue weighted by Gasteiger charge is 2.35. The lowest BCUT2D eigenvalue weighted by Gasteiger charge is -2.35. The van der Waals surface area contributed by atoms with Gasteiger partial charge in [-0.15, -0.1) is 0 Å². The monoisotopic (exact) mass is 380 g/mol. The van der Waals surface area contributed by atoms with E-state index < -0.39 is 6.09 Å². The van der Waals surface area contributed by atoms with Crippen LogP contribution in [0.15, 0.2) is 18.2 Å². The van der Waals surface area contributed by atoms with Crippen molar-refractivity contribution >= 4 is 51.9 Å². The van der Waals surface area contributed by atoms with E-state index >= 15 is 0 Å². The van der Waals surface area contributed by atoms with Gasteiger partial charge in [-0.3, -0.25) is 4.79 Å². The predicted octanol–water partition coefficient (Wildman–Crippen LogP) is 2.49. The molecule has 7 heteroatoms. The molecule has 18 heavy (non-hydrogen) atoms. The Morgan fingerprint density at radius 3 is 2.72 bits per heavy atom.